The molecule has 7 aromatic rings. The van der Waals surface area contributed by atoms with Gasteiger partial charge in [-0.15, -0.1) is 0 Å². The predicted octanol–water partition coefficient (Wildman–Crippen LogP) is 8.83. The van der Waals surface area contributed by atoms with Gasteiger partial charge in [0.25, 0.3) is 11.8 Å². The number of fused-ring (bicyclic) bond motifs is 2. The van der Waals surface area contributed by atoms with Crippen molar-refractivity contribution in [3.05, 3.63) is 126 Å². The Labute approximate surface area is 282 Å². The lowest BCUT2D eigenvalue weighted by atomic mass is 9.99. The zero-order chi connectivity index (χ0) is 33.1. The average Bonchev–Trinajstić information content (AvgIpc) is 3.98. The first-order chi connectivity index (χ1) is 24.0. The molecule has 2 unspecified atom stereocenters. The zero-order valence-corrected chi connectivity index (χ0v) is 27.1. The predicted molar refractivity (Wildman–Crippen MR) is 187 cm³/mol. The van der Waals surface area contributed by atoms with Crippen molar-refractivity contribution >= 4 is 33.8 Å². The van der Waals surface area contributed by atoms with Crippen molar-refractivity contribution in [2.75, 3.05) is 13.1 Å². The molecule has 244 valence electrons. The summed E-state index contributed by atoms with van der Waals surface area (Å²) in [4.78, 5) is 42.2. The fraction of sp³-hybridized carbons (Fsp3) is 0.225. The standard InChI is InChI=1S/C40H35N5O4/c1-24-31-12-10-27(20-33(31)41-37(24)35-4-2-16-44(35)39(46)29-14-18-48-22-29)25-6-8-26(9-7-25)28-11-13-32-34(21-28)43-38(42-32)36-5-3-17-45(36)40(47)30-15-19-49-23-30/h6-15,18-23,35-36,41H,2-5,16-17H2,1H3,(H,42,43). The Morgan fingerprint density at radius 1 is 0.694 bits per heavy atom. The van der Waals surface area contributed by atoms with Gasteiger partial charge in [-0.2, -0.15) is 0 Å². The second-order valence-electron chi connectivity index (χ2n) is 13.2. The van der Waals surface area contributed by atoms with Gasteiger partial charge in [-0.25, -0.2) is 4.98 Å². The molecule has 0 radical (unpaired) electrons. The van der Waals surface area contributed by atoms with E-state index in [0.29, 0.717) is 17.7 Å². The number of imidazole rings is 1. The van der Waals surface area contributed by atoms with E-state index in [9.17, 15) is 9.59 Å². The van der Waals surface area contributed by atoms with Crippen LogP contribution < -0.4 is 0 Å². The Kier molecular flexibility index (Phi) is 7.00. The van der Waals surface area contributed by atoms with E-state index < -0.39 is 0 Å². The van der Waals surface area contributed by atoms with Gasteiger partial charge < -0.3 is 28.6 Å². The SMILES string of the molecule is Cc1c(C2CCCN2C(=O)c2ccoc2)[nH]c2cc(-c3ccc(-c4ccc5nc(C6CCCN6C(=O)c6ccoc6)[nH]c5c4)cc3)ccc12. The highest BCUT2D eigenvalue weighted by Crippen LogP contribution is 2.39. The number of likely N-dealkylation sites (tertiary alicyclic amines) is 2. The summed E-state index contributed by atoms with van der Waals surface area (Å²) in [6, 6.07) is 24.9. The van der Waals surface area contributed by atoms with Crippen LogP contribution in [-0.4, -0.2) is 49.7 Å². The lowest BCUT2D eigenvalue weighted by Crippen LogP contribution is -2.30. The Bertz CT molecular complexity index is 2310. The van der Waals surface area contributed by atoms with E-state index in [0.717, 1.165) is 82.6 Å². The largest absolute Gasteiger partial charge is 0.472 e. The van der Waals surface area contributed by atoms with Crippen LogP contribution >= 0.6 is 0 Å². The van der Waals surface area contributed by atoms with Crippen molar-refractivity contribution in [2.24, 2.45) is 0 Å². The van der Waals surface area contributed by atoms with Crippen LogP contribution in [0, 0.1) is 6.92 Å². The molecule has 9 nitrogen and oxygen atoms in total. The van der Waals surface area contributed by atoms with Gasteiger partial charge in [-0.1, -0.05) is 42.5 Å². The average molecular weight is 650 g/mol. The number of benzene rings is 3. The van der Waals surface area contributed by atoms with Crippen LogP contribution in [0.4, 0.5) is 0 Å². The van der Waals surface area contributed by atoms with Crippen molar-refractivity contribution in [2.45, 2.75) is 44.7 Å². The van der Waals surface area contributed by atoms with Crippen molar-refractivity contribution in [1.82, 2.24) is 24.8 Å². The number of aromatic amines is 2. The topological polar surface area (TPSA) is 111 Å². The minimum atomic E-state index is -0.0869. The van der Waals surface area contributed by atoms with Crippen LogP contribution in [0.2, 0.25) is 0 Å². The maximum absolute atomic E-state index is 13.2. The second kappa shape index (κ2) is 11.7. The van der Waals surface area contributed by atoms with Gasteiger partial charge in [0.2, 0.25) is 0 Å². The number of nitrogens with zero attached hydrogens (tertiary/aromatic N) is 3. The fourth-order valence-electron chi connectivity index (χ4n) is 7.80. The third-order valence-electron chi connectivity index (χ3n) is 10.4. The number of rotatable bonds is 6. The zero-order valence-electron chi connectivity index (χ0n) is 27.1. The molecule has 2 amide bonds. The third-order valence-corrected chi connectivity index (χ3v) is 10.4. The number of carbonyl (C=O) groups excluding carboxylic acids is 2. The van der Waals surface area contributed by atoms with E-state index in [2.05, 4.69) is 71.5 Å². The smallest absolute Gasteiger partial charge is 0.257 e. The van der Waals surface area contributed by atoms with Crippen LogP contribution in [0.5, 0.6) is 0 Å². The summed E-state index contributed by atoms with van der Waals surface area (Å²) in [5.74, 6) is 0.808. The second-order valence-corrected chi connectivity index (χ2v) is 13.2. The quantitative estimate of drug-likeness (QED) is 0.187. The lowest BCUT2D eigenvalue weighted by Gasteiger charge is -2.24. The number of nitrogens with one attached hydrogen (secondary N) is 2. The first-order valence-electron chi connectivity index (χ1n) is 16.9. The van der Waals surface area contributed by atoms with Crippen LogP contribution in [0.15, 0.2) is 107 Å². The van der Waals surface area contributed by atoms with Crippen molar-refractivity contribution < 1.29 is 18.4 Å². The lowest BCUT2D eigenvalue weighted by molar-refractivity contribution is 0.0723. The molecule has 0 aliphatic carbocycles. The van der Waals surface area contributed by atoms with E-state index in [1.807, 2.05) is 15.9 Å². The highest BCUT2D eigenvalue weighted by molar-refractivity contribution is 5.95. The van der Waals surface area contributed by atoms with E-state index in [1.54, 1.807) is 18.4 Å². The maximum Gasteiger partial charge on any atom is 0.257 e. The van der Waals surface area contributed by atoms with Gasteiger partial charge in [-0.3, -0.25) is 9.59 Å². The first kappa shape index (κ1) is 29.3. The van der Waals surface area contributed by atoms with Crippen molar-refractivity contribution in [3.8, 4) is 22.3 Å². The number of H-pyrrole nitrogens is 2. The van der Waals surface area contributed by atoms with E-state index in [4.69, 9.17) is 13.8 Å². The summed E-state index contributed by atoms with van der Waals surface area (Å²) in [7, 11) is 0. The number of carbonyl (C=O) groups is 2. The van der Waals surface area contributed by atoms with Crippen LogP contribution in [0.1, 0.15) is 75.6 Å². The summed E-state index contributed by atoms with van der Waals surface area (Å²) in [6.45, 7) is 3.59. The number of hydrogen-bond acceptors (Lipinski definition) is 5. The number of amides is 2. The van der Waals surface area contributed by atoms with E-state index >= 15 is 0 Å². The molecule has 4 aromatic heterocycles. The molecule has 2 fully saturated rings. The van der Waals surface area contributed by atoms with Gasteiger partial charge in [0.1, 0.15) is 18.4 Å². The molecule has 9 heteroatoms. The third kappa shape index (κ3) is 5.04. The molecule has 9 rings (SSSR count). The normalized spacial score (nSPS) is 17.9. The van der Waals surface area contributed by atoms with Gasteiger partial charge in [0, 0.05) is 29.7 Å². The molecule has 3 aromatic carbocycles. The molecule has 2 saturated heterocycles. The molecular weight excluding hydrogens is 614 g/mol. The van der Waals surface area contributed by atoms with Gasteiger partial charge in [-0.05, 0) is 90.8 Å². The van der Waals surface area contributed by atoms with Crippen molar-refractivity contribution in [1.29, 1.82) is 0 Å². The highest BCUT2D eigenvalue weighted by Gasteiger charge is 2.34. The van der Waals surface area contributed by atoms with Crippen LogP contribution in [0.3, 0.4) is 0 Å². The van der Waals surface area contributed by atoms with Gasteiger partial charge in [0.05, 0.1) is 46.8 Å². The maximum atomic E-state index is 13.2. The molecule has 2 aliphatic heterocycles. The van der Waals surface area contributed by atoms with E-state index in [-0.39, 0.29) is 23.9 Å². The molecule has 49 heavy (non-hydrogen) atoms. The molecule has 2 N–H and O–H groups in total. The Balaban J connectivity index is 0.952. The monoisotopic (exact) mass is 649 g/mol. The minimum Gasteiger partial charge on any atom is -0.472 e. The van der Waals surface area contributed by atoms with Gasteiger partial charge >= 0.3 is 0 Å². The Morgan fingerprint density at radius 3 is 1.90 bits per heavy atom. The summed E-state index contributed by atoms with van der Waals surface area (Å²) in [5, 5.41) is 1.18. The molecule has 0 bridgehead atoms. The van der Waals surface area contributed by atoms with Crippen molar-refractivity contribution in [3.63, 3.8) is 0 Å². The van der Waals surface area contributed by atoms with Crippen LogP contribution in [-0.2, 0) is 0 Å². The first-order valence-corrected chi connectivity index (χ1v) is 16.9. The van der Waals surface area contributed by atoms with Crippen LogP contribution in [0.25, 0.3) is 44.2 Å². The highest BCUT2D eigenvalue weighted by atomic mass is 16.3. The fourth-order valence-corrected chi connectivity index (χ4v) is 7.80. The minimum absolute atomic E-state index is 0.0144. The summed E-state index contributed by atoms with van der Waals surface area (Å²) in [6.07, 6.45) is 9.83. The summed E-state index contributed by atoms with van der Waals surface area (Å²) >= 11 is 0. The molecule has 6 heterocycles. The summed E-state index contributed by atoms with van der Waals surface area (Å²) in [5.41, 5.74) is 10.8. The number of aromatic nitrogens is 3. The summed E-state index contributed by atoms with van der Waals surface area (Å²) < 4.78 is 10.3. The van der Waals surface area contributed by atoms with Gasteiger partial charge in [0.15, 0.2) is 0 Å². The molecule has 2 aliphatic rings. The molecular formula is C40H35N5O4. The molecule has 0 spiro atoms. The Hall–Kier alpha value is -5.83. The molecule has 0 saturated carbocycles. The Morgan fingerprint density at radius 2 is 1.27 bits per heavy atom. The van der Waals surface area contributed by atoms with E-state index in [1.165, 1.54) is 29.7 Å². The number of aryl methyl sites for hydroxylation is 1. The number of hydrogen-bond donors (Lipinski definition) is 2. The number of furan rings is 2. The molecule has 2 atom stereocenters.